The van der Waals surface area contributed by atoms with E-state index in [1.807, 2.05) is 54.6 Å². The minimum Gasteiger partial charge on any atom is -0.462 e. The van der Waals surface area contributed by atoms with Gasteiger partial charge in [-0.15, -0.1) is 0 Å². The smallest absolute Gasteiger partial charge is 0.340 e. The van der Waals surface area contributed by atoms with Gasteiger partial charge in [-0.05, 0) is 35.4 Å². The van der Waals surface area contributed by atoms with E-state index >= 15 is 0 Å². The average molecular weight is 380 g/mol. The SMILES string of the molecule is CCOC(=O)C1=C(N)Oc2ccc3ccccc3c2[C@@H]1c1ccccc1Cl. The van der Waals surface area contributed by atoms with E-state index < -0.39 is 11.9 Å². The summed E-state index contributed by atoms with van der Waals surface area (Å²) in [7, 11) is 0. The second-order valence-electron chi connectivity index (χ2n) is 6.25. The second-order valence-corrected chi connectivity index (χ2v) is 6.66. The first-order chi connectivity index (χ1) is 13.1. The van der Waals surface area contributed by atoms with Crippen molar-refractivity contribution in [2.45, 2.75) is 12.8 Å². The van der Waals surface area contributed by atoms with Gasteiger partial charge >= 0.3 is 5.97 Å². The molecule has 4 nitrogen and oxygen atoms in total. The number of halogens is 1. The maximum absolute atomic E-state index is 12.8. The van der Waals surface area contributed by atoms with Crippen LogP contribution in [0.25, 0.3) is 10.8 Å². The van der Waals surface area contributed by atoms with Crippen molar-refractivity contribution >= 4 is 28.3 Å². The highest BCUT2D eigenvalue weighted by atomic mass is 35.5. The number of carbonyl (C=O) groups is 1. The largest absolute Gasteiger partial charge is 0.462 e. The monoisotopic (exact) mass is 379 g/mol. The minimum atomic E-state index is -0.501. The number of carbonyl (C=O) groups excluding carboxylic acids is 1. The van der Waals surface area contributed by atoms with E-state index in [-0.39, 0.29) is 18.1 Å². The van der Waals surface area contributed by atoms with Crippen LogP contribution in [0.4, 0.5) is 0 Å². The highest BCUT2D eigenvalue weighted by Gasteiger charge is 2.37. The lowest BCUT2D eigenvalue weighted by Crippen LogP contribution is -2.27. The summed E-state index contributed by atoms with van der Waals surface area (Å²) in [6.07, 6.45) is 0. The van der Waals surface area contributed by atoms with Crippen molar-refractivity contribution in [1.29, 1.82) is 0 Å². The van der Waals surface area contributed by atoms with Gasteiger partial charge in [0.1, 0.15) is 11.3 Å². The van der Waals surface area contributed by atoms with Gasteiger partial charge in [0.25, 0.3) is 0 Å². The Kier molecular flexibility index (Phi) is 4.50. The molecular formula is C22H18ClNO3. The van der Waals surface area contributed by atoms with Crippen LogP contribution in [0.1, 0.15) is 24.0 Å². The van der Waals surface area contributed by atoms with Crippen LogP contribution >= 0.6 is 11.6 Å². The molecule has 3 aromatic rings. The molecule has 1 aliphatic rings. The summed E-state index contributed by atoms with van der Waals surface area (Å²) >= 11 is 6.51. The molecule has 0 fully saturated rings. The van der Waals surface area contributed by atoms with Crippen LogP contribution in [0.2, 0.25) is 5.02 Å². The maximum Gasteiger partial charge on any atom is 0.340 e. The van der Waals surface area contributed by atoms with Crippen LogP contribution < -0.4 is 10.5 Å². The quantitative estimate of drug-likeness (QED) is 0.667. The molecule has 0 saturated carbocycles. The minimum absolute atomic E-state index is 0.0427. The molecule has 1 atom stereocenters. The zero-order chi connectivity index (χ0) is 19.0. The average Bonchev–Trinajstić information content (AvgIpc) is 2.67. The van der Waals surface area contributed by atoms with Crippen LogP contribution in [0, 0.1) is 0 Å². The summed E-state index contributed by atoms with van der Waals surface area (Å²) < 4.78 is 11.1. The third kappa shape index (κ3) is 2.92. The highest BCUT2D eigenvalue weighted by molar-refractivity contribution is 6.31. The zero-order valence-corrected chi connectivity index (χ0v) is 15.5. The van der Waals surface area contributed by atoms with Crippen LogP contribution in [-0.2, 0) is 9.53 Å². The van der Waals surface area contributed by atoms with Crippen molar-refractivity contribution in [1.82, 2.24) is 0 Å². The zero-order valence-electron chi connectivity index (χ0n) is 14.7. The molecule has 5 heteroatoms. The Morgan fingerprint density at radius 3 is 2.63 bits per heavy atom. The highest BCUT2D eigenvalue weighted by Crippen LogP contribution is 2.47. The van der Waals surface area contributed by atoms with E-state index in [1.54, 1.807) is 13.0 Å². The summed E-state index contributed by atoms with van der Waals surface area (Å²) in [5, 5.41) is 2.58. The molecule has 0 radical (unpaired) electrons. The third-order valence-corrected chi connectivity index (χ3v) is 5.05. The number of fused-ring (bicyclic) bond motifs is 3. The molecular weight excluding hydrogens is 362 g/mol. The molecule has 0 unspecified atom stereocenters. The van der Waals surface area contributed by atoms with Gasteiger partial charge < -0.3 is 15.2 Å². The van der Waals surface area contributed by atoms with Crippen LogP contribution in [0.15, 0.2) is 72.1 Å². The number of ether oxygens (including phenoxy) is 2. The Hall–Kier alpha value is -2.98. The van der Waals surface area contributed by atoms with Gasteiger partial charge in [0.15, 0.2) is 0 Å². The first kappa shape index (κ1) is 17.4. The molecule has 0 saturated heterocycles. The van der Waals surface area contributed by atoms with Crippen LogP contribution in [-0.4, -0.2) is 12.6 Å². The number of hydrogen-bond acceptors (Lipinski definition) is 4. The standard InChI is InChI=1S/C22H18ClNO3/c1-2-26-22(25)20-19(15-9-5-6-10-16(15)23)18-14-8-4-3-7-13(14)11-12-17(18)27-21(20)24/h3-12,19H,2,24H2,1H3/t19-/m0/s1. The molecule has 0 spiro atoms. The van der Waals surface area contributed by atoms with E-state index in [4.69, 9.17) is 26.8 Å². The van der Waals surface area contributed by atoms with Gasteiger partial charge in [-0.1, -0.05) is 60.1 Å². The van der Waals surface area contributed by atoms with E-state index in [0.717, 1.165) is 21.9 Å². The Balaban J connectivity index is 2.05. The summed E-state index contributed by atoms with van der Waals surface area (Å²) in [5.41, 5.74) is 8.08. The number of rotatable bonds is 3. The fourth-order valence-corrected chi connectivity index (χ4v) is 3.81. The van der Waals surface area contributed by atoms with Crippen LogP contribution in [0.5, 0.6) is 5.75 Å². The predicted octanol–water partition coefficient (Wildman–Crippen LogP) is 4.75. The Labute approximate surface area is 162 Å². The van der Waals surface area contributed by atoms with Crippen molar-refractivity contribution in [3.05, 3.63) is 88.3 Å². The fourth-order valence-electron chi connectivity index (χ4n) is 3.57. The van der Waals surface area contributed by atoms with E-state index in [9.17, 15) is 4.79 Å². The molecule has 0 bridgehead atoms. The van der Waals surface area contributed by atoms with Gasteiger partial charge in [0, 0.05) is 10.6 Å². The van der Waals surface area contributed by atoms with E-state index in [0.29, 0.717) is 10.8 Å². The first-order valence-corrected chi connectivity index (χ1v) is 9.10. The Morgan fingerprint density at radius 2 is 1.85 bits per heavy atom. The molecule has 2 N–H and O–H groups in total. The molecule has 27 heavy (non-hydrogen) atoms. The van der Waals surface area contributed by atoms with Gasteiger partial charge in [-0.25, -0.2) is 4.79 Å². The number of benzene rings is 3. The van der Waals surface area contributed by atoms with Crippen LogP contribution in [0.3, 0.4) is 0 Å². The second kappa shape index (κ2) is 6.97. The molecule has 0 aliphatic carbocycles. The molecule has 1 heterocycles. The first-order valence-electron chi connectivity index (χ1n) is 8.72. The van der Waals surface area contributed by atoms with Crippen molar-refractivity contribution < 1.29 is 14.3 Å². The fraction of sp³-hybridized carbons (Fsp3) is 0.136. The molecule has 0 aromatic heterocycles. The molecule has 0 amide bonds. The third-order valence-electron chi connectivity index (χ3n) is 4.70. The normalized spacial score (nSPS) is 16.0. The van der Waals surface area contributed by atoms with Crippen molar-refractivity contribution in [2.24, 2.45) is 5.73 Å². The lowest BCUT2D eigenvalue weighted by atomic mass is 9.80. The van der Waals surface area contributed by atoms with Gasteiger partial charge in [-0.3, -0.25) is 0 Å². The van der Waals surface area contributed by atoms with Gasteiger partial charge in [0.2, 0.25) is 5.88 Å². The van der Waals surface area contributed by atoms with Gasteiger partial charge in [-0.2, -0.15) is 0 Å². The number of hydrogen-bond donors (Lipinski definition) is 1. The maximum atomic E-state index is 12.8. The topological polar surface area (TPSA) is 61.5 Å². The van der Waals surface area contributed by atoms with Crippen molar-refractivity contribution in [3.8, 4) is 5.75 Å². The summed E-state index contributed by atoms with van der Waals surface area (Å²) in [6, 6.07) is 19.2. The molecule has 4 rings (SSSR count). The summed E-state index contributed by atoms with van der Waals surface area (Å²) in [6.45, 7) is 2.00. The predicted molar refractivity (Wildman–Crippen MR) is 106 cm³/mol. The summed E-state index contributed by atoms with van der Waals surface area (Å²) in [5.74, 6) is -0.323. The van der Waals surface area contributed by atoms with Gasteiger partial charge in [0.05, 0.1) is 12.5 Å². The molecule has 136 valence electrons. The molecule has 3 aromatic carbocycles. The van der Waals surface area contributed by atoms with Crippen molar-refractivity contribution in [3.63, 3.8) is 0 Å². The molecule has 1 aliphatic heterocycles. The number of esters is 1. The number of nitrogens with two attached hydrogens (primary N) is 1. The van der Waals surface area contributed by atoms with Crippen molar-refractivity contribution in [2.75, 3.05) is 6.61 Å². The van der Waals surface area contributed by atoms with E-state index in [2.05, 4.69) is 0 Å². The lowest BCUT2D eigenvalue weighted by molar-refractivity contribution is -0.139. The van der Waals surface area contributed by atoms with E-state index in [1.165, 1.54) is 0 Å². The lowest BCUT2D eigenvalue weighted by Gasteiger charge is -2.30. The Bertz CT molecular complexity index is 1070. The summed E-state index contributed by atoms with van der Waals surface area (Å²) in [4.78, 5) is 12.8. The Morgan fingerprint density at radius 1 is 1.11 bits per heavy atom.